The summed E-state index contributed by atoms with van der Waals surface area (Å²) in [7, 11) is 0. The molecule has 6 heteroatoms. The van der Waals surface area contributed by atoms with Crippen LogP contribution in [0.25, 0.3) is 5.69 Å². The van der Waals surface area contributed by atoms with Gasteiger partial charge in [0.15, 0.2) is 5.69 Å². The number of carbonyl (C=O) groups excluding carboxylic acids is 1. The number of likely N-dealkylation sites (tertiary alicyclic amines) is 1. The van der Waals surface area contributed by atoms with Crippen LogP contribution in [0.5, 0.6) is 0 Å². The highest BCUT2D eigenvalue weighted by Crippen LogP contribution is 2.28. The van der Waals surface area contributed by atoms with Crippen LogP contribution in [0.1, 0.15) is 30.8 Å². The first-order valence-electron chi connectivity index (χ1n) is 7.73. The molecule has 1 aliphatic rings. The van der Waals surface area contributed by atoms with Gasteiger partial charge in [-0.25, -0.2) is 4.68 Å². The molecule has 23 heavy (non-hydrogen) atoms. The van der Waals surface area contributed by atoms with E-state index in [-0.39, 0.29) is 17.4 Å². The highest BCUT2D eigenvalue weighted by atomic mass is 35.5. The topological polar surface area (TPSA) is 64.2 Å². The molecule has 2 aromatic rings. The van der Waals surface area contributed by atoms with Gasteiger partial charge < -0.3 is 10.6 Å². The number of benzene rings is 1. The van der Waals surface area contributed by atoms with Crippen LogP contribution in [0.15, 0.2) is 36.5 Å². The molecule has 0 bridgehead atoms. The fraction of sp³-hybridized carbons (Fsp3) is 0.412. The zero-order valence-electron chi connectivity index (χ0n) is 13.4. The standard InChI is InChI=1S/C17H21ClN4O/c1-17(2)11-21(8-7-15(17)19)16(23)14-6-9-22(20-14)13-5-3-4-12(18)10-13/h3-6,9-10,15H,7-8,11,19H2,1-2H3. The van der Waals surface area contributed by atoms with Crippen molar-refractivity contribution in [2.75, 3.05) is 13.1 Å². The summed E-state index contributed by atoms with van der Waals surface area (Å²) in [6.45, 7) is 5.52. The van der Waals surface area contributed by atoms with Crippen molar-refractivity contribution in [2.24, 2.45) is 11.1 Å². The summed E-state index contributed by atoms with van der Waals surface area (Å²) in [6.07, 6.45) is 2.59. The summed E-state index contributed by atoms with van der Waals surface area (Å²) in [4.78, 5) is 14.5. The highest BCUT2D eigenvalue weighted by molar-refractivity contribution is 6.30. The Hall–Kier alpha value is -1.85. The highest BCUT2D eigenvalue weighted by Gasteiger charge is 2.36. The van der Waals surface area contributed by atoms with Crippen molar-refractivity contribution in [3.8, 4) is 5.69 Å². The van der Waals surface area contributed by atoms with E-state index < -0.39 is 0 Å². The Bertz CT molecular complexity index is 725. The largest absolute Gasteiger partial charge is 0.337 e. The van der Waals surface area contributed by atoms with Crippen molar-refractivity contribution in [3.63, 3.8) is 0 Å². The smallest absolute Gasteiger partial charge is 0.274 e. The van der Waals surface area contributed by atoms with Crippen LogP contribution in [-0.4, -0.2) is 39.7 Å². The molecule has 1 aromatic carbocycles. The quantitative estimate of drug-likeness (QED) is 0.919. The molecular weight excluding hydrogens is 312 g/mol. The SMILES string of the molecule is CC1(C)CN(C(=O)c2ccn(-c3cccc(Cl)c3)n2)CCC1N. The average Bonchev–Trinajstić information content (AvgIpc) is 2.99. The van der Waals surface area contributed by atoms with E-state index in [1.165, 1.54) is 0 Å². The maximum Gasteiger partial charge on any atom is 0.274 e. The third-order valence-electron chi connectivity index (χ3n) is 4.48. The Labute approximate surface area is 141 Å². The fourth-order valence-corrected chi connectivity index (χ4v) is 3.09. The van der Waals surface area contributed by atoms with Crippen LogP contribution >= 0.6 is 11.6 Å². The molecule has 1 atom stereocenters. The molecule has 2 N–H and O–H groups in total. The molecule has 1 unspecified atom stereocenters. The van der Waals surface area contributed by atoms with Crippen molar-refractivity contribution in [1.29, 1.82) is 0 Å². The van der Waals surface area contributed by atoms with Crippen molar-refractivity contribution in [3.05, 3.63) is 47.2 Å². The number of hydrogen-bond acceptors (Lipinski definition) is 3. The number of nitrogens with zero attached hydrogens (tertiary/aromatic N) is 3. The molecule has 3 rings (SSSR count). The Morgan fingerprint density at radius 3 is 2.87 bits per heavy atom. The number of hydrogen-bond donors (Lipinski definition) is 1. The molecule has 1 fully saturated rings. The van der Waals surface area contributed by atoms with Crippen molar-refractivity contribution >= 4 is 17.5 Å². The third kappa shape index (κ3) is 3.26. The number of carbonyl (C=O) groups is 1. The van der Waals surface area contributed by atoms with Gasteiger partial charge in [0, 0.05) is 30.4 Å². The van der Waals surface area contributed by atoms with Crippen LogP contribution in [0.2, 0.25) is 5.02 Å². The van der Waals surface area contributed by atoms with Gasteiger partial charge in [0.1, 0.15) is 0 Å². The second-order valence-corrected chi connectivity index (χ2v) is 7.17. The predicted molar refractivity (Wildman–Crippen MR) is 90.9 cm³/mol. The van der Waals surface area contributed by atoms with E-state index >= 15 is 0 Å². The molecule has 0 radical (unpaired) electrons. The van der Waals surface area contributed by atoms with Gasteiger partial charge in [0.25, 0.3) is 5.91 Å². The first-order chi connectivity index (χ1) is 10.9. The van der Waals surface area contributed by atoms with Gasteiger partial charge in [-0.1, -0.05) is 31.5 Å². The number of halogens is 1. The van der Waals surface area contributed by atoms with Crippen LogP contribution in [0.4, 0.5) is 0 Å². The fourth-order valence-electron chi connectivity index (χ4n) is 2.91. The van der Waals surface area contributed by atoms with Crippen LogP contribution in [-0.2, 0) is 0 Å². The summed E-state index contributed by atoms with van der Waals surface area (Å²) in [5.41, 5.74) is 7.33. The number of aromatic nitrogens is 2. The zero-order valence-corrected chi connectivity index (χ0v) is 14.1. The van der Waals surface area contributed by atoms with Crippen LogP contribution < -0.4 is 5.73 Å². The maximum absolute atomic E-state index is 12.7. The maximum atomic E-state index is 12.7. The molecule has 1 saturated heterocycles. The zero-order chi connectivity index (χ0) is 16.6. The Morgan fingerprint density at radius 1 is 1.39 bits per heavy atom. The minimum atomic E-state index is -0.0799. The summed E-state index contributed by atoms with van der Waals surface area (Å²) >= 11 is 6.00. The Morgan fingerprint density at radius 2 is 2.17 bits per heavy atom. The van der Waals surface area contributed by atoms with E-state index in [4.69, 9.17) is 17.3 Å². The molecule has 0 aliphatic carbocycles. The van der Waals surface area contributed by atoms with Gasteiger partial charge in [-0.2, -0.15) is 5.10 Å². The average molecular weight is 333 g/mol. The molecule has 1 aliphatic heterocycles. The lowest BCUT2D eigenvalue weighted by atomic mass is 9.79. The van der Waals surface area contributed by atoms with Crippen molar-refractivity contribution < 1.29 is 4.79 Å². The lowest BCUT2D eigenvalue weighted by Gasteiger charge is -2.42. The van der Waals surface area contributed by atoms with E-state index in [0.29, 0.717) is 23.8 Å². The second kappa shape index (κ2) is 5.98. The molecule has 1 aromatic heterocycles. The van der Waals surface area contributed by atoms with Gasteiger partial charge in [0.05, 0.1) is 5.69 Å². The van der Waals surface area contributed by atoms with Gasteiger partial charge in [-0.05, 0) is 36.1 Å². The normalized spacial score (nSPS) is 20.5. The first-order valence-corrected chi connectivity index (χ1v) is 8.11. The Balaban J connectivity index is 1.79. The van der Waals surface area contributed by atoms with Crippen LogP contribution in [0, 0.1) is 5.41 Å². The van der Waals surface area contributed by atoms with Gasteiger partial charge in [-0.3, -0.25) is 4.79 Å². The van der Waals surface area contributed by atoms with E-state index in [1.54, 1.807) is 23.0 Å². The lowest BCUT2D eigenvalue weighted by Crippen LogP contribution is -2.54. The predicted octanol–water partition coefficient (Wildman–Crippen LogP) is 2.73. The minimum Gasteiger partial charge on any atom is -0.337 e. The van der Waals surface area contributed by atoms with Crippen molar-refractivity contribution in [2.45, 2.75) is 26.3 Å². The molecule has 5 nitrogen and oxygen atoms in total. The summed E-state index contributed by atoms with van der Waals surface area (Å²) < 4.78 is 1.67. The monoisotopic (exact) mass is 332 g/mol. The minimum absolute atomic E-state index is 0.0502. The molecule has 2 heterocycles. The van der Waals surface area contributed by atoms with Gasteiger partial charge in [-0.15, -0.1) is 0 Å². The number of amides is 1. The van der Waals surface area contributed by atoms with Crippen LogP contribution in [0.3, 0.4) is 0 Å². The summed E-state index contributed by atoms with van der Waals surface area (Å²) in [5, 5.41) is 5.04. The Kier molecular flexibility index (Phi) is 4.17. The van der Waals surface area contributed by atoms with Crippen molar-refractivity contribution in [1.82, 2.24) is 14.7 Å². The van der Waals surface area contributed by atoms with E-state index in [0.717, 1.165) is 12.1 Å². The first kappa shape index (κ1) is 16.0. The number of piperidine rings is 1. The van der Waals surface area contributed by atoms with E-state index in [9.17, 15) is 4.79 Å². The molecule has 0 saturated carbocycles. The summed E-state index contributed by atoms with van der Waals surface area (Å²) in [5.74, 6) is -0.0502. The molecule has 1 amide bonds. The summed E-state index contributed by atoms with van der Waals surface area (Å²) in [6, 6.07) is 9.23. The van der Waals surface area contributed by atoms with E-state index in [2.05, 4.69) is 18.9 Å². The molecule has 122 valence electrons. The van der Waals surface area contributed by atoms with E-state index in [1.807, 2.05) is 23.1 Å². The second-order valence-electron chi connectivity index (χ2n) is 6.74. The molecule has 0 spiro atoms. The molecular formula is C17H21ClN4O. The number of nitrogens with two attached hydrogens (primary N) is 1. The number of rotatable bonds is 2. The van der Waals surface area contributed by atoms with Gasteiger partial charge >= 0.3 is 0 Å². The third-order valence-corrected chi connectivity index (χ3v) is 4.72. The lowest BCUT2D eigenvalue weighted by molar-refractivity contribution is 0.0527. The van der Waals surface area contributed by atoms with Gasteiger partial charge in [0.2, 0.25) is 0 Å².